The minimum Gasteiger partial charge on any atom is -0.321 e. The van der Waals surface area contributed by atoms with Gasteiger partial charge in [-0.15, -0.1) is 0 Å². The van der Waals surface area contributed by atoms with Crippen LogP contribution in [0.5, 0.6) is 0 Å². The van der Waals surface area contributed by atoms with E-state index in [4.69, 9.17) is 0 Å². The first-order valence-corrected chi connectivity index (χ1v) is 10.8. The third-order valence-corrected chi connectivity index (χ3v) is 5.22. The summed E-state index contributed by atoms with van der Waals surface area (Å²) in [5, 5.41) is 2.48. The highest BCUT2D eigenvalue weighted by atomic mass is 32.2. The number of pyridine rings is 1. The molecule has 158 valence electrons. The number of amides is 1. The van der Waals surface area contributed by atoms with Gasteiger partial charge in [0.05, 0.1) is 11.3 Å². The number of carbonyl (C=O) groups is 1. The molecule has 1 aromatic heterocycles. The quantitative estimate of drug-likeness (QED) is 0.732. The first-order chi connectivity index (χ1) is 13.4. The highest BCUT2D eigenvalue weighted by molar-refractivity contribution is 7.90. The molecule has 0 aliphatic carbocycles. The van der Waals surface area contributed by atoms with Crippen LogP contribution in [-0.4, -0.2) is 30.9 Å². The van der Waals surface area contributed by atoms with Gasteiger partial charge >= 0.3 is 6.18 Å². The maximum absolute atomic E-state index is 12.6. The lowest BCUT2D eigenvalue weighted by Crippen LogP contribution is -2.27. The predicted molar refractivity (Wildman–Crippen MR) is 104 cm³/mol. The molecule has 0 saturated carbocycles. The molecular weight excluding hydrogens is 409 g/mol. The van der Waals surface area contributed by atoms with Gasteiger partial charge in [0.25, 0.3) is 5.56 Å². The molecule has 1 atom stereocenters. The monoisotopic (exact) mass is 430 g/mol. The van der Waals surface area contributed by atoms with Crippen LogP contribution in [0.15, 0.2) is 47.4 Å². The van der Waals surface area contributed by atoms with Crippen molar-refractivity contribution in [1.82, 2.24) is 4.57 Å². The number of nitrogens with one attached hydrogen (secondary N) is 1. The fourth-order valence-corrected chi connectivity index (χ4v) is 3.20. The van der Waals surface area contributed by atoms with Crippen molar-refractivity contribution in [2.45, 2.75) is 32.0 Å². The van der Waals surface area contributed by atoms with Crippen molar-refractivity contribution >= 4 is 21.4 Å². The zero-order chi connectivity index (χ0) is 21.8. The molecule has 0 aliphatic heterocycles. The Kier molecular flexibility index (Phi) is 6.89. The summed E-state index contributed by atoms with van der Waals surface area (Å²) in [5.74, 6) is -1.06. The van der Waals surface area contributed by atoms with Crippen molar-refractivity contribution in [3.05, 3.63) is 64.1 Å². The van der Waals surface area contributed by atoms with Crippen LogP contribution in [0.25, 0.3) is 0 Å². The molecule has 2 rings (SSSR count). The summed E-state index contributed by atoms with van der Waals surface area (Å²) >= 11 is 0. The first kappa shape index (κ1) is 22.7. The van der Waals surface area contributed by atoms with E-state index in [1.165, 1.54) is 35.0 Å². The normalized spacial score (nSPS) is 13.1. The van der Waals surface area contributed by atoms with Crippen molar-refractivity contribution in [3.63, 3.8) is 0 Å². The van der Waals surface area contributed by atoms with Crippen LogP contribution in [0.1, 0.15) is 30.4 Å². The number of rotatable bonds is 7. The summed E-state index contributed by atoms with van der Waals surface area (Å²) in [7, 11) is -3.25. The Bertz CT molecular complexity index is 1030. The van der Waals surface area contributed by atoms with Crippen LogP contribution < -0.4 is 10.9 Å². The molecule has 0 spiro atoms. The van der Waals surface area contributed by atoms with Crippen LogP contribution in [0, 0.1) is 0 Å². The maximum atomic E-state index is 12.6. The fraction of sp³-hybridized carbons (Fsp3) is 0.368. The lowest BCUT2D eigenvalue weighted by molar-refractivity contribution is -0.137. The summed E-state index contributed by atoms with van der Waals surface area (Å²) in [6, 6.07) is 7.48. The van der Waals surface area contributed by atoms with E-state index >= 15 is 0 Å². The van der Waals surface area contributed by atoms with Gasteiger partial charge in [0.1, 0.15) is 15.5 Å². The van der Waals surface area contributed by atoms with Crippen molar-refractivity contribution in [1.29, 1.82) is 0 Å². The second-order valence-corrected chi connectivity index (χ2v) is 9.08. The summed E-state index contributed by atoms with van der Waals surface area (Å²) < 4.78 is 61.6. The molecule has 0 bridgehead atoms. The molecule has 0 saturated heterocycles. The van der Waals surface area contributed by atoms with Crippen molar-refractivity contribution in [2.75, 3.05) is 17.3 Å². The number of aryl methyl sites for hydroxylation is 1. The molecule has 0 fully saturated rings. The number of nitrogens with zero attached hydrogens (tertiary/aromatic N) is 1. The molecule has 0 unspecified atom stereocenters. The van der Waals surface area contributed by atoms with Crippen LogP contribution >= 0.6 is 0 Å². The van der Waals surface area contributed by atoms with Crippen LogP contribution in [-0.2, 0) is 27.4 Å². The Balaban J connectivity index is 2.04. The maximum Gasteiger partial charge on any atom is 0.416 e. The van der Waals surface area contributed by atoms with E-state index in [9.17, 15) is 31.2 Å². The Hall–Kier alpha value is -2.62. The topological polar surface area (TPSA) is 85.2 Å². The van der Waals surface area contributed by atoms with E-state index in [2.05, 4.69) is 5.32 Å². The van der Waals surface area contributed by atoms with Gasteiger partial charge in [0.15, 0.2) is 0 Å². The van der Waals surface area contributed by atoms with E-state index in [1.54, 1.807) is 6.92 Å². The lowest BCUT2D eigenvalue weighted by atomic mass is 9.96. The average Bonchev–Trinajstić information content (AvgIpc) is 2.61. The molecule has 1 amide bonds. The smallest absolute Gasteiger partial charge is 0.321 e. The standard InChI is InChI=1S/C19H21F3N2O4S/c1-13(14-5-7-15(8-6-14)19(20,21)22)12-17(25)23-16-4-3-9-24(18(16)26)10-11-29(2,27)28/h3-9,13H,10-12H2,1-2H3,(H,23,25)/t13-/m1/s1. The van der Waals surface area contributed by atoms with Crippen molar-refractivity contribution in [2.24, 2.45) is 0 Å². The lowest BCUT2D eigenvalue weighted by Gasteiger charge is -2.14. The number of alkyl halides is 3. The Morgan fingerprint density at radius 1 is 1.17 bits per heavy atom. The van der Waals surface area contributed by atoms with E-state index in [1.807, 2.05) is 0 Å². The van der Waals surface area contributed by atoms with Gasteiger partial charge in [-0.3, -0.25) is 9.59 Å². The van der Waals surface area contributed by atoms with Crippen LogP contribution in [0.3, 0.4) is 0 Å². The van der Waals surface area contributed by atoms with Crippen LogP contribution in [0.4, 0.5) is 18.9 Å². The number of hydrogen-bond donors (Lipinski definition) is 1. The minimum absolute atomic E-state index is 0.00520. The number of benzene rings is 1. The summed E-state index contributed by atoms with van der Waals surface area (Å²) in [6.07, 6.45) is -1.98. The van der Waals surface area contributed by atoms with Gasteiger partial charge < -0.3 is 9.88 Å². The van der Waals surface area contributed by atoms with Gasteiger partial charge in [-0.2, -0.15) is 13.2 Å². The van der Waals surface area contributed by atoms with E-state index in [-0.39, 0.29) is 30.3 Å². The summed E-state index contributed by atoms with van der Waals surface area (Å²) in [5.41, 5.74) is -0.735. The molecule has 2 aromatic rings. The van der Waals surface area contributed by atoms with E-state index < -0.39 is 33.0 Å². The molecule has 0 aliphatic rings. The second kappa shape index (κ2) is 8.81. The molecule has 1 aromatic carbocycles. The summed E-state index contributed by atoms with van der Waals surface area (Å²) in [4.78, 5) is 24.6. The molecule has 1 N–H and O–H groups in total. The van der Waals surface area contributed by atoms with E-state index in [0.717, 1.165) is 18.4 Å². The third-order valence-electron chi connectivity index (χ3n) is 4.30. The first-order valence-electron chi connectivity index (χ1n) is 8.71. The predicted octanol–water partition coefficient (Wildman–Crippen LogP) is 3.04. The number of sulfone groups is 1. The van der Waals surface area contributed by atoms with Gasteiger partial charge in [-0.05, 0) is 35.7 Å². The molecular formula is C19H21F3N2O4S. The van der Waals surface area contributed by atoms with Crippen LogP contribution in [0.2, 0.25) is 0 Å². The number of halogens is 3. The Morgan fingerprint density at radius 2 is 1.79 bits per heavy atom. The minimum atomic E-state index is -4.43. The molecule has 29 heavy (non-hydrogen) atoms. The highest BCUT2D eigenvalue weighted by Crippen LogP contribution is 2.30. The number of aromatic nitrogens is 1. The average molecular weight is 430 g/mol. The van der Waals surface area contributed by atoms with E-state index in [0.29, 0.717) is 5.56 Å². The number of carbonyl (C=O) groups excluding carboxylic acids is 1. The highest BCUT2D eigenvalue weighted by Gasteiger charge is 2.30. The zero-order valence-electron chi connectivity index (χ0n) is 15.9. The molecule has 0 radical (unpaired) electrons. The SMILES string of the molecule is C[C@H](CC(=O)Nc1cccn(CCS(C)(=O)=O)c1=O)c1ccc(C(F)(F)F)cc1. The van der Waals surface area contributed by atoms with Crippen molar-refractivity contribution < 1.29 is 26.4 Å². The Labute approximate surface area is 166 Å². The van der Waals surface area contributed by atoms with Gasteiger partial charge in [0, 0.05) is 25.4 Å². The molecule has 6 nitrogen and oxygen atoms in total. The zero-order valence-corrected chi connectivity index (χ0v) is 16.7. The molecule has 1 heterocycles. The fourth-order valence-electron chi connectivity index (χ4n) is 2.67. The van der Waals surface area contributed by atoms with Crippen molar-refractivity contribution in [3.8, 4) is 0 Å². The summed E-state index contributed by atoms with van der Waals surface area (Å²) in [6.45, 7) is 1.65. The third kappa shape index (κ3) is 6.74. The molecule has 10 heteroatoms. The Morgan fingerprint density at radius 3 is 2.34 bits per heavy atom. The van der Waals surface area contributed by atoms with Gasteiger partial charge in [-0.1, -0.05) is 19.1 Å². The number of anilines is 1. The largest absolute Gasteiger partial charge is 0.416 e. The van der Waals surface area contributed by atoms with Gasteiger partial charge in [-0.25, -0.2) is 8.42 Å². The second-order valence-electron chi connectivity index (χ2n) is 6.82. The van der Waals surface area contributed by atoms with Gasteiger partial charge in [0.2, 0.25) is 5.91 Å². The number of hydrogen-bond acceptors (Lipinski definition) is 4.